The number of halogens is 3. The monoisotopic (exact) mass is 508 g/mol. The highest BCUT2D eigenvalue weighted by molar-refractivity contribution is 5.51. The van der Waals surface area contributed by atoms with Gasteiger partial charge < -0.3 is 4.74 Å². The predicted molar refractivity (Wildman–Crippen MR) is 148 cm³/mol. The van der Waals surface area contributed by atoms with Gasteiger partial charge in [0.1, 0.15) is 5.75 Å². The third kappa shape index (κ3) is 8.27. The molecule has 0 spiro atoms. The van der Waals surface area contributed by atoms with Gasteiger partial charge in [-0.05, 0) is 83.8 Å². The molecule has 0 saturated heterocycles. The minimum atomic E-state index is -4.32. The highest BCUT2D eigenvalue weighted by Gasteiger charge is 2.28. The Kier molecular flexibility index (Phi) is 10.1. The van der Waals surface area contributed by atoms with Gasteiger partial charge in [0.2, 0.25) is 0 Å². The fourth-order valence-electron chi connectivity index (χ4n) is 5.54. The van der Waals surface area contributed by atoms with E-state index in [2.05, 4.69) is 63.4 Å². The average molecular weight is 509 g/mol. The maximum absolute atomic E-state index is 12.6. The Morgan fingerprint density at radius 2 is 1.78 bits per heavy atom. The summed E-state index contributed by atoms with van der Waals surface area (Å²) in [7, 11) is 0. The fraction of sp³-hybridized carbons (Fsp3) is 0.424. The molecule has 2 aromatic rings. The number of allylic oxidation sites excluding steroid dienone is 4. The van der Waals surface area contributed by atoms with Gasteiger partial charge in [0, 0.05) is 12.5 Å². The summed E-state index contributed by atoms with van der Waals surface area (Å²) in [6.45, 7) is 13.3. The molecule has 0 aliphatic heterocycles. The van der Waals surface area contributed by atoms with E-state index in [1.54, 1.807) is 12.1 Å². The van der Waals surface area contributed by atoms with Crippen molar-refractivity contribution < 1.29 is 17.9 Å². The molecule has 0 N–H and O–H groups in total. The molecule has 2 unspecified atom stereocenters. The van der Waals surface area contributed by atoms with Gasteiger partial charge in [-0.25, -0.2) is 0 Å². The lowest BCUT2D eigenvalue weighted by atomic mass is 9.75. The predicted octanol–water partition coefficient (Wildman–Crippen LogP) is 9.50. The van der Waals surface area contributed by atoms with Crippen molar-refractivity contribution in [2.45, 2.75) is 65.5 Å². The van der Waals surface area contributed by atoms with E-state index in [-0.39, 0.29) is 12.0 Å². The third-order valence-electron chi connectivity index (χ3n) is 7.30. The zero-order chi connectivity index (χ0) is 27.0. The lowest BCUT2D eigenvalue weighted by Gasteiger charge is -2.29. The molecule has 0 aromatic heterocycles. The van der Waals surface area contributed by atoms with Gasteiger partial charge in [-0.2, -0.15) is 13.2 Å². The number of hydrogen-bond donors (Lipinski definition) is 0. The van der Waals surface area contributed by atoms with Crippen molar-refractivity contribution in [3.63, 3.8) is 0 Å². The lowest BCUT2D eigenvalue weighted by molar-refractivity contribution is -0.0790. The molecule has 1 aliphatic rings. The first-order valence-electron chi connectivity index (χ1n) is 13.3. The van der Waals surface area contributed by atoms with Crippen LogP contribution in [0.5, 0.6) is 5.75 Å². The van der Waals surface area contributed by atoms with Crippen LogP contribution in [0, 0.1) is 17.8 Å². The summed E-state index contributed by atoms with van der Waals surface area (Å²) in [5.74, 6) is 2.55. The Labute approximate surface area is 220 Å². The first-order valence-corrected chi connectivity index (χ1v) is 13.3. The number of ether oxygens (including phenoxy) is 1. The normalized spacial score (nSPS) is 20.9. The topological polar surface area (TPSA) is 9.23 Å². The molecule has 2 aromatic carbocycles. The van der Waals surface area contributed by atoms with E-state index < -0.39 is 6.18 Å². The molecule has 0 radical (unpaired) electrons. The van der Waals surface area contributed by atoms with Crippen LogP contribution in [-0.2, 0) is 12.8 Å². The summed E-state index contributed by atoms with van der Waals surface area (Å²) in [6.07, 6.45) is 5.33. The first kappa shape index (κ1) is 28.6. The second-order valence-corrected chi connectivity index (χ2v) is 10.3. The molecule has 4 atom stereocenters. The van der Waals surface area contributed by atoms with Crippen LogP contribution in [0.15, 0.2) is 78.6 Å². The molecule has 1 nitrogen and oxygen atoms in total. The molecule has 0 fully saturated rings. The van der Waals surface area contributed by atoms with E-state index in [1.807, 2.05) is 19.1 Å². The van der Waals surface area contributed by atoms with Crippen molar-refractivity contribution in [3.8, 4) is 5.75 Å². The van der Waals surface area contributed by atoms with Crippen molar-refractivity contribution in [2.24, 2.45) is 17.8 Å². The van der Waals surface area contributed by atoms with Crippen molar-refractivity contribution in [1.29, 1.82) is 0 Å². The Hall–Kier alpha value is -2.97. The largest absolute Gasteiger partial charge is 0.494 e. The molecular weight excluding hydrogens is 469 g/mol. The Bertz CT molecular complexity index is 1140. The minimum absolute atomic E-state index is 0.139. The zero-order valence-electron chi connectivity index (χ0n) is 22.4. The van der Waals surface area contributed by atoms with Gasteiger partial charge in [-0.15, -0.1) is 5.73 Å². The van der Waals surface area contributed by atoms with Crippen LogP contribution in [0.4, 0.5) is 13.2 Å². The molecule has 0 bridgehead atoms. The second kappa shape index (κ2) is 13.0. The molecule has 3 rings (SSSR count). The molecule has 0 amide bonds. The second-order valence-electron chi connectivity index (χ2n) is 10.3. The van der Waals surface area contributed by atoms with E-state index in [1.165, 1.54) is 11.1 Å². The summed E-state index contributed by atoms with van der Waals surface area (Å²) in [5.41, 5.74) is 8.36. The van der Waals surface area contributed by atoms with Crippen LogP contribution in [0.25, 0.3) is 6.08 Å². The minimum Gasteiger partial charge on any atom is -0.494 e. The van der Waals surface area contributed by atoms with E-state index in [0.29, 0.717) is 36.3 Å². The number of rotatable bonds is 9. The fourth-order valence-corrected chi connectivity index (χ4v) is 5.54. The van der Waals surface area contributed by atoms with Crippen LogP contribution < -0.4 is 4.74 Å². The smallest absolute Gasteiger partial charge is 0.409 e. The SMILES string of the molecule is C=C=C(Cc1ccc(C(C)Cc2cccc(/C=C\C(F)(F)F)c2)c(OCC)c1)C1[C@H](C)CC=CC[C@@H]1C. The Morgan fingerprint density at radius 3 is 2.41 bits per heavy atom. The van der Waals surface area contributed by atoms with Gasteiger partial charge in [0.05, 0.1) is 6.61 Å². The quantitative estimate of drug-likeness (QED) is 0.242. The van der Waals surface area contributed by atoms with Crippen LogP contribution in [0.1, 0.15) is 68.7 Å². The van der Waals surface area contributed by atoms with Gasteiger partial charge in [0.15, 0.2) is 0 Å². The van der Waals surface area contributed by atoms with E-state index >= 15 is 0 Å². The molecule has 0 saturated carbocycles. The summed E-state index contributed by atoms with van der Waals surface area (Å²) in [6, 6.07) is 13.7. The molecule has 1 aliphatic carbocycles. The van der Waals surface area contributed by atoms with Crippen LogP contribution in [0.2, 0.25) is 0 Å². The lowest BCUT2D eigenvalue weighted by Crippen LogP contribution is -2.21. The number of alkyl halides is 3. The van der Waals surface area contributed by atoms with Crippen molar-refractivity contribution in [3.05, 3.63) is 101 Å². The first-order chi connectivity index (χ1) is 17.6. The van der Waals surface area contributed by atoms with Gasteiger partial charge in [-0.3, -0.25) is 0 Å². The Balaban J connectivity index is 1.80. The average Bonchev–Trinajstić information content (AvgIpc) is 3.01. The van der Waals surface area contributed by atoms with Crippen LogP contribution >= 0.6 is 0 Å². The van der Waals surface area contributed by atoms with Crippen molar-refractivity contribution in [2.75, 3.05) is 6.61 Å². The van der Waals surface area contributed by atoms with E-state index in [4.69, 9.17) is 4.74 Å². The maximum atomic E-state index is 12.6. The van der Waals surface area contributed by atoms with Crippen LogP contribution in [-0.4, -0.2) is 12.8 Å². The van der Waals surface area contributed by atoms with Gasteiger partial charge in [-0.1, -0.05) is 82.0 Å². The van der Waals surface area contributed by atoms with E-state index in [0.717, 1.165) is 42.2 Å². The van der Waals surface area contributed by atoms with E-state index in [9.17, 15) is 13.2 Å². The standard InChI is InChI=1S/C33H39F3O/c1-6-29(32-23(3)11-8-9-12-24(32)4)21-28-15-16-30(31(22-28)37-7-2)25(5)19-27-14-10-13-26(20-27)17-18-33(34,35)36/h8-10,13-18,20,22-25,32H,1,7,11-12,19,21H2,2-5H3/b18-17-/t23-,24+,25?,32?. The highest BCUT2D eigenvalue weighted by atomic mass is 19.4. The summed E-state index contributed by atoms with van der Waals surface area (Å²) in [4.78, 5) is 0. The molecule has 198 valence electrons. The third-order valence-corrected chi connectivity index (χ3v) is 7.30. The van der Waals surface area contributed by atoms with Gasteiger partial charge in [0.25, 0.3) is 0 Å². The summed E-state index contributed by atoms with van der Waals surface area (Å²) in [5, 5.41) is 0. The molecule has 0 heterocycles. The highest BCUT2D eigenvalue weighted by Crippen LogP contribution is 2.38. The van der Waals surface area contributed by atoms with Crippen LogP contribution in [0.3, 0.4) is 0 Å². The summed E-state index contributed by atoms with van der Waals surface area (Å²) >= 11 is 0. The summed E-state index contributed by atoms with van der Waals surface area (Å²) < 4.78 is 43.8. The maximum Gasteiger partial charge on any atom is 0.409 e. The zero-order valence-corrected chi connectivity index (χ0v) is 22.4. The number of hydrogen-bond acceptors (Lipinski definition) is 1. The molecule has 4 heteroatoms. The molecular formula is C33H39F3O. The molecule has 37 heavy (non-hydrogen) atoms. The van der Waals surface area contributed by atoms with Gasteiger partial charge >= 0.3 is 6.18 Å². The Morgan fingerprint density at radius 1 is 1.08 bits per heavy atom. The number of benzene rings is 2. The van der Waals surface area contributed by atoms with Crippen molar-refractivity contribution in [1.82, 2.24) is 0 Å². The van der Waals surface area contributed by atoms with Crippen molar-refractivity contribution >= 4 is 6.08 Å².